The first-order valence-electron chi connectivity index (χ1n) is 15.3. The average Bonchev–Trinajstić information content (AvgIpc) is 3.51. The molecular weight excluding hydrogens is 598 g/mol. The molecule has 1 atom stereocenters. The molecule has 13 heteroatoms. The summed E-state index contributed by atoms with van der Waals surface area (Å²) in [4.78, 5) is 32.9. The predicted octanol–water partition coefficient (Wildman–Crippen LogP) is 5.11. The van der Waals surface area contributed by atoms with Crippen LogP contribution in [0.25, 0.3) is 16.9 Å². The number of likely N-dealkylation sites (N-methyl/N-ethyl adjacent to an activating group) is 1. The molecule has 2 heterocycles. The zero-order chi connectivity index (χ0) is 33.3. The zero-order valence-corrected chi connectivity index (χ0v) is 26.8. The highest BCUT2D eigenvalue weighted by Crippen LogP contribution is 2.31. The molecule has 1 amide bonds. The minimum absolute atomic E-state index is 0.0289. The van der Waals surface area contributed by atoms with Crippen molar-refractivity contribution in [1.29, 1.82) is 0 Å². The summed E-state index contributed by atoms with van der Waals surface area (Å²) in [6.07, 6.45) is 4.77. The number of fused-ring (bicyclic) bond motifs is 1. The third kappa shape index (κ3) is 7.10. The maximum Gasteiger partial charge on any atom is 0.297 e. The van der Waals surface area contributed by atoms with E-state index < -0.39 is 17.9 Å². The number of nitrogens with zero attached hydrogens (tertiary/aromatic N) is 4. The number of rotatable bonds is 17. The number of methoxy groups -OCH3 is 1. The first-order valence-corrected chi connectivity index (χ1v) is 15.3. The number of hydrogen-bond acceptors (Lipinski definition) is 8. The van der Waals surface area contributed by atoms with E-state index in [1.807, 2.05) is 13.0 Å². The number of imidazole rings is 1. The van der Waals surface area contributed by atoms with Crippen LogP contribution < -0.4 is 15.4 Å². The third-order valence-electron chi connectivity index (χ3n) is 8.47. The van der Waals surface area contributed by atoms with E-state index in [1.54, 1.807) is 22.7 Å². The van der Waals surface area contributed by atoms with Gasteiger partial charge in [0.05, 0.1) is 45.2 Å². The molecule has 0 saturated carbocycles. The molecule has 2 N–H and O–H groups in total. The molecule has 0 aliphatic heterocycles. The Labute approximate surface area is 267 Å². The van der Waals surface area contributed by atoms with Crippen LogP contribution in [-0.2, 0) is 20.7 Å². The van der Waals surface area contributed by atoms with Gasteiger partial charge in [0.1, 0.15) is 6.61 Å². The summed E-state index contributed by atoms with van der Waals surface area (Å²) in [5.74, 6) is -2.14. The van der Waals surface area contributed by atoms with Crippen LogP contribution in [0.1, 0.15) is 43.6 Å². The van der Waals surface area contributed by atoms with Crippen molar-refractivity contribution < 1.29 is 37.1 Å². The SMILES string of the molecule is CCc1cc(Nc2nccn3c(-c4ccc(OC)c(F)c4F)cnc23)ccc1C(=O)NCCOCC(OC=O)[N+](CC)(CC)CC. The maximum absolute atomic E-state index is 14.8. The zero-order valence-electron chi connectivity index (χ0n) is 26.8. The molecule has 4 aromatic rings. The van der Waals surface area contributed by atoms with Gasteiger partial charge in [-0.1, -0.05) is 6.92 Å². The van der Waals surface area contributed by atoms with E-state index in [9.17, 15) is 18.4 Å². The highest BCUT2D eigenvalue weighted by Gasteiger charge is 2.34. The van der Waals surface area contributed by atoms with Crippen LogP contribution in [0, 0.1) is 11.6 Å². The van der Waals surface area contributed by atoms with E-state index in [-0.39, 0.29) is 37.0 Å². The van der Waals surface area contributed by atoms with Crippen molar-refractivity contribution in [2.75, 3.05) is 51.8 Å². The summed E-state index contributed by atoms with van der Waals surface area (Å²) in [6, 6.07) is 8.15. The normalized spacial score (nSPS) is 12.2. The van der Waals surface area contributed by atoms with Crippen molar-refractivity contribution in [3.63, 3.8) is 0 Å². The summed E-state index contributed by atoms with van der Waals surface area (Å²) in [7, 11) is 1.27. The summed E-state index contributed by atoms with van der Waals surface area (Å²) in [5, 5.41) is 6.13. The Hall–Kier alpha value is -4.62. The second-order valence-corrected chi connectivity index (χ2v) is 10.6. The molecule has 1 unspecified atom stereocenters. The first kappa shape index (κ1) is 34.3. The fourth-order valence-corrected chi connectivity index (χ4v) is 5.60. The van der Waals surface area contributed by atoms with Crippen molar-refractivity contribution in [3.8, 4) is 17.0 Å². The Morgan fingerprint density at radius 3 is 2.50 bits per heavy atom. The number of halogens is 2. The third-order valence-corrected chi connectivity index (χ3v) is 8.47. The molecule has 2 aromatic carbocycles. The first-order chi connectivity index (χ1) is 22.3. The number of hydrogen-bond donors (Lipinski definition) is 2. The van der Waals surface area contributed by atoms with Crippen molar-refractivity contribution in [3.05, 3.63) is 71.7 Å². The number of benzene rings is 2. The highest BCUT2D eigenvalue weighted by molar-refractivity contribution is 5.96. The molecular formula is C33H41F2N6O5+. The lowest BCUT2D eigenvalue weighted by molar-refractivity contribution is -0.965. The monoisotopic (exact) mass is 639 g/mol. The Morgan fingerprint density at radius 1 is 1.07 bits per heavy atom. The number of amides is 1. The minimum atomic E-state index is -1.08. The van der Waals surface area contributed by atoms with Gasteiger partial charge >= 0.3 is 0 Å². The smallest absolute Gasteiger partial charge is 0.297 e. The van der Waals surface area contributed by atoms with E-state index in [2.05, 4.69) is 41.4 Å². The largest absolute Gasteiger partial charge is 0.494 e. The van der Waals surface area contributed by atoms with Crippen molar-refractivity contribution in [2.45, 2.75) is 40.3 Å². The maximum atomic E-state index is 14.8. The van der Waals surface area contributed by atoms with Gasteiger partial charge in [-0.25, -0.2) is 14.4 Å². The van der Waals surface area contributed by atoms with Gasteiger partial charge in [-0.15, -0.1) is 0 Å². The number of aromatic nitrogens is 3. The number of aryl methyl sites for hydroxylation is 1. The van der Waals surface area contributed by atoms with Gasteiger partial charge in [0.2, 0.25) is 5.82 Å². The number of anilines is 2. The van der Waals surface area contributed by atoms with Gasteiger partial charge in [0, 0.05) is 35.8 Å². The van der Waals surface area contributed by atoms with Gasteiger partial charge in [0.25, 0.3) is 18.6 Å². The number of carbonyl (C=O) groups excluding carboxylic acids is 2. The second kappa shape index (κ2) is 15.6. The topological polar surface area (TPSA) is 116 Å². The Bertz CT molecular complexity index is 1650. The van der Waals surface area contributed by atoms with Crippen molar-refractivity contribution >= 4 is 29.5 Å². The fourth-order valence-electron chi connectivity index (χ4n) is 5.60. The number of ether oxygens (including phenoxy) is 3. The van der Waals surface area contributed by atoms with Crippen molar-refractivity contribution in [2.24, 2.45) is 0 Å². The fraction of sp³-hybridized carbons (Fsp3) is 0.394. The summed E-state index contributed by atoms with van der Waals surface area (Å²) < 4.78 is 47.5. The minimum Gasteiger partial charge on any atom is -0.494 e. The van der Waals surface area contributed by atoms with Gasteiger partial charge in [0.15, 0.2) is 23.0 Å². The lowest BCUT2D eigenvalue weighted by Gasteiger charge is -2.40. The van der Waals surface area contributed by atoms with E-state index in [0.29, 0.717) is 45.8 Å². The molecule has 0 saturated heterocycles. The van der Waals surface area contributed by atoms with E-state index in [0.717, 1.165) is 25.2 Å². The quantitative estimate of drug-likeness (QED) is 0.0709. The standard InChI is InChI=1S/C33H40F2N6O5/c1-6-22-18-23(10-11-24(22)33(43)37-15-17-45-20-28(46-21-42)41(7-2,8-3)9-4)39-31-32-38-19-26(40(32)16-14-36-31)25-12-13-27(44-5)30(35)29(25)34/h10-14,16,18-19,21,28H,6-9,15,17,20H2,1-5H3,(H-,36,37,39,43)/p+1. The highest BCUT2D eigenvalue weighted by atomic mass is 19.2. The van der Waals surface area contributed by atoms with Crippen LogP contribution in [0.2, 0.25) is 0 Å². The second-order valence-electron chi connectivity index (χ2n) is 10.6. The lowest BCUT2D eigenvalue weighted by Crippen LogP contribution is -2.58. The molecule has 11 nitrogen and oxygen atoms in total. The van der Waals surface area contributed by atoms with Crippen LogP contribution in [0.5, 0.6) is 5.75 Å². The van der Waals surface area contributed by atoms with Crippen LogP contribution in [-0.4, -0.2) is 84.0 Å². The van der Waals surface area contributed by atoms with Crippen LogP contribution in [0.3, 0.4) is 0 Å². The molecule has 0 fully saturated rings. The van der Waals surface area contributed by atoms with Crippen LogP contribution in [0.15, 0.2) is 48.9 Å². The molecule has 0 radical (unpaired) electrons. The van der Waals surface area contributed by atoms with Gasteiger partial charge in [-0.05, 0) is 63.1 Å². The van der Waals surface area contributed by atoms with Gasteiger partial charge < -0.3 is 24.8 Å². The molecule has 4 rings (SSSR count). The van der Waals surface area contributed by atoms with Crippen molar-refractivity contribution in [1.82, 2.24) is 19.7 Å². The van der Waals surface area contributed by atoms with E-state index in [4.69, 9.17) is 14.2 Å². The predicted molar refractivity (Wildman–Crippen MR) is 170 cm³/mol. The molecule has 0 aliphatic rings. The Morgan fingerprint density at radius 2 is 1.83 bits per heavy atom. The van der Waals surface area contributed by atoms with E-state index in [1.165, 1.54) is 31.6 Å². The van der Waals surface area contributed by atoms with Crippen LogP contribution in [0.4, 0.5) is 20.3 Å². The summed E-state index contributed by atoms with van der Waals surface area (Å²) in [6.45, 7) is 11.8. The molecule has 0 aliphatic carbocycles. The lowest BCUT2D eigenvalue weighted by atomic mass is 10.0. The molecule has 0 spiro atoms. The van der Waals surface area contributed by atoms with Gasteiger partial charge in [-0.3, -0.25) is 18.5 Å². The molecule has 2 aromatic heterocycles. The number of quaternary nitrogens is 1. The molecule has 246 valence electrons. The van der Waals surface area contributed by atoms with Gasteiger partial charge in [-0.2, -0.15) is 4.39 Å². The Kier molecular flexibility index (Phi) is 11.6. The van der Waals surface area contributed by atoms with Crippen LogP contribution >= 0.6 is 0 Å². The summed E-state index contributed by atoms with van der Waals surface area (Å²) in [5.41, 5.74) is 2.79. The molecule has 0 bridgehead atoms. The summed E-state index contributed by atoms with van der Waals surface area (Å²) >= 11 is 0. The Balaban J connectivity index is 1.42. The molecule has 46 heavy (non-hydrogen) atoms. The average molecular weight is 640 g/mol. The van der Waals surface area contributed by atoms with E-state index >= 15 is 0 Å². The number of carbonyl (C=O) groups is 2. The number of nitrogens with one attached hydrogen (secondary N) is 2.